The number of carbonyl (C=O) groups is 1. The normalized spacial score (nSPS) is 32.9. The van der Waals surface area contributed by atoms with Crippen LogP contribution in [0.25, 0.3) is 0 Å². The van der Waals surface area contributed by atoms with Gasteiger partial charge in [0.25, 0.3) is 0 Å². The summed E-state index contributed by atoms with van der Waals surface area (Å²) in [5.74, 6) is 0.449. The highest BCUT2D eigenvalue weighted by Gasteiger charge is 2.48. The number of morpholine rings is 1. The molecular formula is C19H34N2O5S. The van der Waals surface area contributed by atoms with E-state index in [-0.39, 0.29) is 23.5 Å². The number of piperidine rings is 1. The number of nitrogens with zero attached hydrogens (tertiary/aromatic N) is 2. The summed E-state index contributed by atoms with van der Waals surface area (Å²) in [6.45, 7) is 5.79. The maximum atomic E-state index is 12.6. The average Bonchev–Trinajstić information content (AvgIpc) is 2.65. The highest BCUT2D eigenvalue weighted by Crippen LogP contribution is 2.47. The van der Waals surface area contributed by atoms with Gasteiger partial charge in [0.05, 0.1) is 25.6 Å². The fourth-order valence-corrected chi connectivity index (χ4v) is 5.74. The summed E-state index contributed by atoms with van der Waals surface area (Å²) in [5.41, 5.74) is 0.0105. The summed E-state index contributed by atoms with van der Waals surface area (Å²) in [6, 6.07) is 0.608. The van der Waals surface area contributed by atoms with Gasteiger partial charge in [-0.15, -0.1) is 0 Å². The Balaban J connectivity index is 1.63. The van der Waals surface area contributed by atoms with Crippen LogP contribution in [-0.2, 0) is 24.1 Å². The van der Waals surface area contributed by atoms with E-state index in [1.54, 1.807) is 7.11 Å². The zero-order valence-corrected chi connectivity index (χ0v) is 17.5. The molecule has 0 bridgehead atoms. The Bertz CT molecular complexity index is 620. The highest BCUT2D eigenvalue weighted by molar-refractivity contribution is 7.90. The molecule has 0 radical (unpaired) electrons. The highest BCUT2D eigenvalue weighted by atomic mass is 32.2. The number of hydrogen-bond donors (Lipinski definition) is 0. The molecule has 3 atom stereocenters. The van der Waals surface area contributed by atoms with E-state index < -0.39 is 9.84 Å². The number of carbonyl (C=O) groups excluding carboxylic acids is 1. The van der Waals surface area contributed by atoms with Crippen molar-refractivity contribution in [2.45, 2.75) is 38.1 Å². The second kappa shape index (κ2) is 8.76. The number of fused-ring (bicyclic) bond motifs is 1. The lowest BCUT2D eigenvalue weighted by atomic mass is 9.61. The summed E-state index contributed by atoms with van der Waals surface area (Å²) >= 11 is 0. The first kappa shape index (κ1) is 21.0. The minimum absolute atomic E-state index is 0.0105. The fraction of sp³-hybridized carbons (Fsp3) is 0.947. The van der Waals surface area contributed by atoms with Crippen LogP contribution in [0.1, 0.15) is 32.1 Å². The molecule has 2 heterocycles. The monoisotopic (exact) mass is 402 g/mol. The third-order valence-electron chi connectivity index (χ3n) is 6.68. The molecule has 156 valence electrons. The van der Waals surface area contributed by atoms with Gasteiger partial charge in [0, 0.05) is 57.4 Å². The molecule has 0 aromatic carbocycles. The molecule has 3 fully saturated rings. The molecule has 1 amide bonds. The Morgan fingerprint density at radius 1 is 1.22 bits per heavy atom. The van der Waals surface area contributed by atoms with Gasteiger partial charge in [-0.1, -0.05) is 0 Å². The topological polar surface area (TPSA) is 76.2 Å². The Morgan fingerprint density at radius 3 is 2.63 bits per heavy atom. The largest absolute Gasteiger partial charge is 0.384 e. The van der Waals surface area contributed by atoms with E-state index in [1.165, 1.54) is 6.26 Å². The molecule has 2 saturated heterocycles. The number of hydrogen-bond acceptors (Lipinski definition) is 6. The number of methoxy groups -OCH3 is 1. The van der Waals surface area contributed by atoms with Crippen LogP contribution in [0.15, 0.2) is 0 Å². The van der Waals surface area contributed by atoms with Crippen LogP contribution < -0.4 is 0 Å². The molecule has 7 nitrogen and oxygen atoms in total. The quantitative estimate of drug-likeness (QED) is 0.654. The van der Waals surface area contributed by atoms with E-state index in [4.69, 9.17) is 9.47 Å². The average molecular weight is 403 g/mol. The lowest BCUT2D eigenvalue weighted by molar-refractivity contribution is -0.142. The second-order valence-corrected chi connectivity index (χ2v) is 10.8. The van der Waals surface area contributed by atoms with Crippen molar-refractivity contribution in [3.05, 3.63) is 0 Å². The molecule has 0 N–H and O–H groups in total. The lowest BCUT2D eigenvalue weighted by Crippen LogP contribution is -2.58. The zero-order valence-electron chi connectivity index (χ0n) is 16.7. The predicted octanol–water partition coefficient (Wildman–Crippen LogP) is 0.787. The SMILES string of the molecule is COC[C@@]12CC[C@@H](N3CCOCC3)C[C@H]1CCN(C(=O)CCS(C)(=O)=O)C2. The minimum atomic E-state index is -3.11. The molecule has 3 rings (SSSR count). The van der Waals surface area contributed by atoms with Gasteiger partial charge in [-0.25, -0.2) is 8.42 Å². The Morgan fingerprint density at radius 2 is 1.96 bits per heavy atom. The molecule has 8 heteroatoms. The van der Waals surface area contributed by atoms with Crippen molar-refractivity contribution in [2.24, 2.45) is 11.3 Å². The number of sulfone groups is 1. The summed E-state index contributed by atoms with van der Waals surface area (Å²) < 4.78 is 33.9. The second-order valence-electron chi connectivity index (χ2n) is 8.55. The van der Waals surface area contributed by atoms with Crippen molar-refractivity contribution in [1.29, 1.82) is 0 Å². The van der Waals surface area contributed by atoms with E-state index in [0.717, 1.165) is 58.5 Å². The van der Waals surface area contributed by atoms with Crippen molar-refractivity contribution in [3.63, 3.8) is 0 Å². The molecule has 2 aliphatic heterocycles. The van der Waals surface area contributed by atoms with Crippen molar-refractivity contribution in [2.75, 3.05) is 65.1 Å². The van der Waals surface area contributed by atoms with Crippen LogP contribution in [0.4, 0.5) is 0 Å². The van der Waals surface area contributed by atoms with E-state index in [9.17, 15) is 13.2 Å². The number of amides is 1. The summed E-state index contributed by atoms with van der Waals surface area (Å²) in [7, 11) is -1.37. The van der Waals surface area contributed by atoms with Crippen molar-refractivity contribution < 1.29 is 22.7 Å². The zero-order chi connectivity index (χ0) is 19.5. The number of ether oxygens (including phenoxy) is 2. The first-order chi connectivity index (χ1) is 12.8. The van der Waals surface area contributed by atoms with Crippen LogP contribution in [0.2, 0.25) is 0 Å². The van der Waals surface area contributed by atoms with E-state index >= 15 is 0 Å². The fourth-order valence-electron chi connectivity index (χ4n) is 5.20. The number of likely N-dealkylation sites (tertiary alicyclic amines) is 1. The molecule has 0 aromatic heterocycles. The summed E-state index contributed by atoms with van der Waals surface area (Å²) in [6.07, 6.45) is 5.60. The van der Waals surface area contributed by atoms with Gasteiger partial charge in [-0.05, 0) is 31.6 Å². The molecule has 1 aliphatic carbocycles. The van der Waals surface area contributed by atoms with Crippen LogP contribution >= 0.6 is 0 Å². The lowest BCUT2D eigenvalue weighted by Gasteiger charge is -2.54. The molecule has 0 aromatic rings. The first-order valence-corrected chi connectivity index (χ1v) is 12.2. The minimum Gasteiger partial charge on any atom is -0.384 e. The van der Waals surface area contributed by atoms with Crippen molar-refractivity contribution in [3.8, 4) is 0 Å². The van der Waals surface area contributed by atoms with Crippen LogP contribution in [0.5, 0.6) is 0 Å². The van der Waals surface area contributed by atoms with Gasteiger partial charge < -0.3 is 14.4 Å². The Labute approximate surface area is 163 Å². The maximum absolute atomic E-state index is 12.6. The van der Waals surface area contributed by atoms with Gasteiger partial charge >= 0.3 is 0 Å². The molecule has 27 heavy (non-hydrogen) atoms. The van der Waals surface area contributed by atoms with Gasteiger partial charge in [0.1, 0.15) is 9.84 Å². The van der Waals surface area contributed by atoms with Gasteiger partial charge in [-0.3, -0.25) is 9.69 Å². The molecule has 3 aliphatic rings. The smallest absolute Gasteiger partial charge is 0.223 e. The van der Waals surface area contributed by atoms with Gasteiger partial charge in [0.2, 0.25) is 5.91 Å². The summed E-state index contributed by atoms with van der Waals surface area (Å²) in [4.78, 5) is 17.0. The molecule has 0 spiro atoms. The van der Waals surface area contributed by atoms with E-state index in [0.29, 0.717) is 25.1 Å². The third-order valence-corrected chi connectivity index (χ3v) is 7.63. The van der Waals surface area contributed by atoms with Crippen molar-refractivity contribution >= 4 is 15.7 Å². The number of rotatable bonds is 6. The van der Waals surface area contributed by atoms with Crippen LogP contribution in [-0.4, -0.2) is 95.3 Å². The molecule has 0 unspecified atom stereocenters. The van der Waals surface area contributed by atoms with Gasteiger partial charge in [-0.2, -0.15) is 0 Å². The Hall–Kier alpha value is -0.700. The first-order valence-electron chi connectivity index (χ1n) is 10.1. The maximum Gasteiger partial charge on any atom is 0.223 e. The predicted molar refractivity (Wildman–Crippen MR) is 103 cm³/mol. The van der Waals surface area contributed by atoms with E-state index in [2.05, 4.69) is 4.90 Å². The van der Waals surface area contributed by atoms with Crippen molar-refractivity contribution in [1.82, 2.24) is 9.80 Å². The molecule has 1 saturated carbocycles. The molecular weight excluding hydrogens is 368 g/mol. The Kier molecular flexibility index (Phi) is 6.82. The third kappa shape index (κ3) is 5.22. The van der Waals surface area contributed by atoms with E-state index in [1.807, 2.05) is 4.90 Å². The summed E-state index contributed by atoms with van der Waals surface area (Å²) in [5, 5.41) is 0. The van der Waals surface area contributed by atoms with Crippen LogP contribution in [0.3, 0.4) is 0 Å². The standard InChI is InChI=1S/C19H34N2O5S/c1-25-15-19-6-3-17(20-8-10-26-11-9-20)13-16(19)4-7-21(14-19)18(22)5-12-27(2,23)24/h16-17H,3-15H2,1-2H3/t16-,17-,19+/m1/s1. The van der Waals surface area contributed by atoms with Gasteiger partial charge in [0.15, 0.2) is 0 Å². The van der Waals surface area contributed by atoms with Crippen LogP contribution in [0, 0.1) is 11.3 Å².